The van der Waals surface area contributed by atoms with Crippen molar-refractivity contribution in [3.05, 3.63) is 97.6 Å². The van der Waals surface area contributed by atoms with Crippen LogP contribution < -0.4 is 9.47 Å². The maximum atomic E-state index is 12.4. The van der Waals surface area contributed by atoms with Crippen LogP contribution in [-0.4, -0.2) is 18.5 Å². The van der Waals surface area contributed by atoms with Crippen molar-refractivity contribution in [2.75, 3.05) is 6.61 Å². The molecule has 0 atom stereocenters. The molecule has 3 aromatic rings. The number of cyclic esters (lactones) is 1. The van der Waals surface area contributed by atoms with E-state index in [1.807, 2.05) is 74.5 Å². The lowest BCUT2D eigenvalue weighted by atomic mass is 10.1. The first-order valence-corrected chi connectivity index (χ1v) is 12.0. The van der Waals surface area contributed by atoms with Crippen LogP contribution in [0.25, 0.3) is 6.08 Å². The van der Waals surface area contributed by atoms with E-state index in [4.69, 9.17) is 14.2 Å². The maximum absolute atomic E-state index is 12.4. The minimum absolute atomic E-state index is 0.224. The van der Waals surface area contributed by atoms with Gasteiger partial charge in [-0.1, -0.05) is 51.8 Å². The molecule has 33 heavy (non-hydrogen) atoms. The van der Waals surface area contributed by atoms with Crippen molar-refractivity contribution in [2.45, 2.75) is 20.5 Å². The SMILES string of the molecule is CCOc1cc(/C=C2\N=C(c3ccc(C)cc3)OC2=O)cc(Br)c1OCc1ccccc1Br. The molecule has 5 nitrogen and oxygen atoms in total. The van der Waals surface area contributed by atoms with Gasteiger partial charge in [0.15, 0.2) is 17.2 Å². The van der Waals surface area contributed by atoms with Gasteiger partial charge in [0.05, 0.1) is 11.1 Å². The normalized spacial score (nSPS) is 14.2. The number of carbonyl (C=O) groups excluding carboxylic acids is 1. The maximum Gasteiger partial charge on any atom is 0.363 e. The van der Waals surface area contributed by atoms with Crippen LogP contribution in [0.2, 0.25) is 0 Å². The summed E-state index contributed by atoms with van der Waals surface area (Å²) in [6.45, 7) is 4.74. The number of esters is 1. The van der Waals surface area contributed by atoms with Crippen molar-refractivity contribution in [1.82, 2.24) is 0 Å². The highest BCUT2D eigenvalue weighted by atomic mass is 79.9. The number of halogens is 2. The summed E-state index contributed by atoms with van der Waals surface area (Å²) in [5.74, 6) is 0.963. The first-order chi connectivity index (χ1) is 15.9. The lowest BCUT2D eigenvalue weighted by Gasteiger charge is -2.15. The van der Waals surface area contributed by atoms with E-state index < -0.39 is 5.97 Å². The van der Waals surface area contributed by atoms with Crippen LogP contribution in [0.5, 0.6) is 11.5 Å². The molecule has 0 unspecified atom stereocenters. The molecule has 168 valence electrons. The number of benzene rings is 3. The Morgan fingerprint density at radius 1 is 1.00 bits per heavy atom. The fraction of sp³-hybridized carbons (Fsp3) is 0.154. The second-order valence-corrected chi connectivity index (χ2v) is 9.05. The zero-order valence-corrected chi connectivity index (χ0v) is 21.3. The average Bonchev–Trinajstić information content (AvgIpc) is 3.15. The Bertz CT molecular complexity index is 1250. The number of rotatable bonds is 7. The molecule has 4 rings (SSSR count). The van der Waals surface area contributed by atoms with Crippen LogP contribution in [0, 0.1) is 6.92 Å². The van der Waals surface area contributed by atoms with Crippen molar-refractivity contribution >= 4 is 49.8 Å². The zero-order chi connectivity index (χ0) is 23.4. The number of hydrogen-bond donors (Lipinski definition) is 0. The Morgan fingerprint density at radius 3 is 2.48 bits per heavy atom. The van der Waals surface area contributed by atoms with E-state index in [0.717, 1.165) is 26.7 Å². The van der Waals surface area contributed by atoms with Crippen LogP contribution in [0.4, 0.5) is 0 Å². The second kappa shape index (κ2) is 10.4. The highest BCUT2D eigenvalue weighted by molar-refractivity contribution is 9.10. The third-order valence-corrected chi connectivity index (χ3v) is 6.25. The molecule has 0 amide bonds. The highest BCUT2D eigenvalue weighted by Crippen LogP contribution is 2.38. The van der Waals surface area contributed by atoms with Crippen molar-refractivity contribution in [2.24, 2.45) is 4.99 Å². The number of carbonyl (C=O) groups is 1. The lowest BCUT2D eigenvalue weighted by molar-refractivity contribution is -0.129. The van der Waals surface area contributed by atoms with Crippen molar-refractivity contribution in [3.8, 4) is 11.5 Å². The van der Waals surface area contributed by atoms with Gasteiger partial charge in [-0.2, -0.15) is 0 Å². The van der Waals surface area contributed by atoms with Gasteiger partial charge in [0, 0.05) is 15.6 Å². The molecule has 0 spiro atoms. The number of ether oxygens (including phenoxy) is 3. The number of nitrogens with zero attached hydrogens (tertiary/aromatic N) is 1. The smallest absolute Gasteiger partial charge is 0.363 e. The Labute approximate surface area is 209 Å². The first kappa shape index (κ1) is 23.3. The summed E-state index contributed by atoms with van der Waals surface area (Å²) < 4.78 is 19.0. The molecule has 1 aliphatic heterocycles. The predicted octanol–water partition coefficient (Wildman–Crippen LogP) is 6.84. The molecule has 0 saturated carbocycles. The fourth-order valence-electron chi connectivity index (χ4n) is 3.23. The second-order valence-electron chi connectivity index (χ2n) is 7.35. The largest absolute Gasteiger partial charge is 0.490 e. The van der Waals surface area contributed by atoms with Crippen LogP contribution >= 0.6 is 31.9 Å². The van der Waals surface area contributed by atoms with E-state index in [2.05, 4.69) is 36.9 Å². The van der Waals surface area contributed by atoms with E-state index in [9.17, 15) is 4.79 Å². The summed E-state index contributed by atoms with van der Waals surface area (Å²) in [5, 5.41) is 0. The lowest BCUT2D eigenvalue weighted by Crippen LogP contribution is -2.05. The third-order valence-electron chi connectivity index (χ3n) is 4.88. The van der Waals surface area contributed by atoms with Crippen molar-refractivity contribution in [3.63, 3.8) is 0 Å². The summed E-state index contributed by atoms with van der Waals surface area (Å²) in [6, 6.07) is 19.2. The summed E-state index contributed by atoms with van der Waals surface area (Å²) in [4.78, 5) is 16.8. The number of aryl methyl sites for hydroxylation is 1. The molecule has 1 heterocycles. The predicted molar refractivity (Wildman–Crippen MR) is 136 cm³/mol. The van der Waals surface area contributed by atoms with Crippen LogP contribution in [0.1, 0.15) is 29.2 Å². The standard InChI is InChI=1S/C26H21Br2NO4/c1-3-31-23-14-17(12-21(28)24(23)32-15-19-6-4-5-7-20(19)27)13-22-26(30)33-25(29-22)18-10-8-16(2)9-11-18/h4-14H,3,15H2,1-2H3/b22-13-. The summed E-state index contributed by atoms with van der Waals surface area (Å²) in [6.07, 6.45) is 1.67. The molecule has 0 fully saturated rings. The Balaban J connectivity index is 1.61. The average molecular weight is 571 g/mol. The Kier molecular flexibility index (Phi) is 7.30. The molecule has 0 aromatic heterocycles. The van der Waals surface area contributed by atoms with E-state index in [-0.39, 0.29) is 5.70 Å². The van der Waals surface area contributed by atoms with Gasteiger partial charge < -0.3 is 14.2 Å². The third kappa shape index (κ3) is 5.54. The van der Waals surface area contributed by atoms with E-state index in [0.29, 0.717) is 35.1 Å². The van der Waals surface area contributed by atoms with Crippen molar-refractivity contribution in [1.29, 1.82) is 0 Å². The molecule has 0 saturated heterocycles. The van der Waals surface area contributed by atoms with Crippen molar-refractivity contribution < 1.29 is 19.0 Å². The van der Waals surface area contributed by atoms with Crippen LogP contribution in [0.15, 0.2) is 80.3 Å². The van der Waals surface area contributed by atoms with Gasteiger partial charge in [-0.05, 0) is 71.7 Å². The molecule has 3 aromatic carbocycles. The summed E-state index contributed by atoms with van der Waals surface area (Å²) in [7, 11) is 0. The monoisotopic (exact) mass is 569 g/mol. The van der Waals surface area contributed by atoms with Crippen LogP contribution in [0.3, 0.4) is 0 Å². The number of hydrogen-bond acceptors (Lipinski definition) is 5. The van der Waals surface area contributed by atoms with E-state index in [1.54, 1.807) is 6.08 Å². The molecular formula is C26H21Br2NO4. The minimum atomic E-state index is -0.492. The highest BCUT2D eigenvalue weighted by Gasteiger charge is 2.24. The van der Waals surface area contributed by atoms with E-state index >= 15 is 0 Å². The van der Waals surface area contributed by atoms with Gasteiger partial charge in [0.2, 0.25) is 5.90 Å². The van der Waals surface area contributed by atoms with Gasteiger partial charge in [0.1, 0.15) is 6.61 Å². The van der Waals surface area contributed by atoms with Gasteiger partial charge in [-0.15, -0.1) is 0 Å². The minimum Gasteiger partial charge on any atom is -0.490 e. The molecule has 0 N–H and O–H groups in total. The van der Waals surface area contributed by atoms with Gasteiger partial charge in [0.25, 0.3) is 0 Å². The summed E-state index contributed by atoms with van der Waals surface area (Å²) in [5.41, 5.74) is 3.85. The molecule has 7 heteroatoms. The van der Waals surface area contributed by atoms with Gasteiger partial charge >= 0.3 is 5.97 Å². The molecule has 1 aliphatic rings. The Morgan fingerprint density at radius 2 is 1.76 bits per heavy atom. The van der Waals surface area contributed by atoms with Gasteiger partial charge in [-0.3, -0.25) is 0 Å². The number of aliphatic imine (C=N–C) groups is 1. The zero-order valence-electron chi connectivity index (χ0n) is 18.1. The first-order valence-electron chi connectivity index (χ1n) is 10.4. The van der Waals surface area contributed by atoms with Crippen LogP contribution in [-0.2, 0) is 16.1 Å². The van der Waals surface area contributed by atoms with E-state index in [1.165, 1.54) is 0 Å². The molecule has 0 aliphatic carbocycles. The topological polar surface area (TPSA) is 57.1 Å². The molecule has 0 bridgehead atoms. The summed E-state index contributed by atoms with van der Waals surface area (Å²) >= 11 is 7.12. The fourth-order valence-corrected chi connectivity index (χ4v) is 4.20. The Hall–Kier alpha value is -2.90. The van der Waals surface area contributed by atoms with Gasteiger partial charge in [-0.25, -0.2) is 9.79 Å². The molecular weight excluding hydrogens is 550 g/mol. The molecule has 0 radical (unpaired) electrons. The quantitative estimate of drug-likeness (QED) is 0.230.